The molecule has 1 fully saturated rings. The van der Waals surface area contributed by atoms with E-state index in [1.807, 2.05) is 62.4 Å². The highest BCUT2D eigenvalue weighted by Gasteiger charge is 2.52. The van der Waals surface area contributed by atoms with Crippen LogP contribution in [0.2, 0.25) is 0 Å². The van der Waals surface area contributed by atoms with Crippen molar-refractivity contribution in [2.24, 2.45) is 0 Å². The molecule has 0 aliphatic carbocycles. The predicted molar refractivity (Wildman–Crippen MR) is 107 cm³/mol. The van der Waals surface area contributed by atoms with Gasteiger partial charge in [-0.05, 0) is 42.7 Å². The van der Waals surface area contributed by atoms with Crippen molar-refractivity contribution in [3.63, 3.8) is 0 Å². The zero-order valence-electron chi connectivity index (χ0n) is 16.3. The van der Waals surface area contributed by atoms with Crippen molar-refractivity contribution in [1.82, 2.24) is 10.2 Å². The number of carbonyl (C=O) groups is 1. The number of aliphatic hydroxyl groups is 1. The smallest absolute Gasteiger partial charge is 0.319 e. The van der Waals surface area contributed by atoms with Gasteiger partial charge in [0.25, 0.3) is 0 Å². The molecule has 0 aromatic heterocycles. The molecule has 0 saturated carbocycles. The van der Waals surface area contributed by atoms with Crippen LogP contribution in [0.4, 0.5) is 4.79 Å². The fourth-order valence-electron chi connectivity index (χ4n) is 3.80. The third-order valence-electron chi connectivity index (χ3n) is 5.10. The average Bonchev–Trinajstić information content (AvgIpc) is 2.68. The molecule has 1 saturated heterocycles. The van der Waals surface area contributed by atoms with E-state index >= 15 is 0 Å². The molecule has 146 valence electrons. The highest BCUT2D eigenvalue weighted by Crippen LogP contribution is 2.44. The van der Waals surface area contributed by atoms with Gasteiger partial charge in [0.05, 0.1) is 25.8 Å². The predicted octanol–water partition coefficient (Wildman–Crippen LogP) is 3.13. The molecule has 28 heavy (non-hydrogen) atoms. The first-order valence-electron chi connectivity index (χ1n) is 9.34. The Morgan fingerprint density at radius 1 is 1.25 bits per heavy atom. The maximum atomic E-state index is 12.5. The summed E-state index contributed by atoms with van der Waals surface area (Å²) in [7, 11) is 1.62. The Hall–Kier alpha value is -3.04. The highest BCUT2D eigenvalue weighted by molar-refractivity contribution is 5.78. The van der Waals surface area contributed by atoms with Crippen LogP contribution in [-0.2, 0) is 0 Å². The molecule has 2 amide bonds. The van der Waals surface area contributed by atoms with Gasteiger partial charge in [-0.25, -0.2) is 4.79 Å². The maximum Gasteiger partial charge on any atom is 0.319 e. The minimum absolute atomic E-state index is 0.0446. The van der Waals surface area contributed by atoms with Crippen LogP contribution in [-0.4, -0.2) is 47.9 Å². The monoisotopic (exact) mass is 379 g/mol. The number of likely N-dealkylation sites (tertiary alicyclic amines) is 1. The Balaban J connectivity index is 1.97. The van der Waals surface area contributed by atoms with Crippen LogP contribution < -0.4 is 10.1 Å². The molecule has 6 heteroatoms. The van der Waals surface area contributed by atoms with E-state index in [2.05, 4.69) is 11.4 Å². The van der Waals surface area contributed by atoms with Gasteiger partial charge in [-0.15, -0.1) is 0 Å². The Kier molecular flexibility index (Phi) is 5.86. The fourth-order valence-corrected chi connectivity index (χ4v) is 3.80. The number of hydrogen-bond acceptors (Lipinski definition) is 4. The molecule has 3 rings (SSSR count). The van der Waals surface area contributed by atoms with E-state index in [1.54, 1.807) is 7.11 Å². The van der Waals surface area contributed by atoms with Crippen molar-refractivity contribution in [3.05, 3.63) is 54.1 Å². The normalized spacial score (nSPS) is 21.0. The number of nitriles is 1. The van der Waals surface area contributed by atoms with E-state index in [-0.39, 0.29) is 24.6 Å². The van der Waals surface area contributed by atoms with E-state index in [0.29, 0.717) is 0 Å². The van der Waals surface area contributed by atoms with Crippen LogP contribution >= 0.6 is 0 Å². The first kappa shape index (κ1) is 19.7. The largest absolute Gasteiger partial charge is 0.497 e. The summed E-state index contributed by atoms with van der Waals surface area (Å²) in [5.41, 5.74) is 2.93. The van der Waals surface area contributed by atoms with Crippen molar-refractivity contribution < 1.29 is 14.6 Å². The molecule has 2 aromatic carbocycles. The van der Waals surface area contributed by atoms with Crippen molar-refractivity contribution in [3.8, 4) is 22.9 Å². The second-order valence-corrected chi connectivity index (χ2v) is 7.18. The molecular formula is C22H25N3O3. The summed E-state index contributed by atoms with van der Waals surface area (Å²) >= 11 is 0. The zero-order valence-corrected chi connectivity index (χ0v) is 16.3. The number of aliphatic hydroxyl groups excluding tert-OH is 1. The number of benzene rings is 2. The van der Waals surface area contributed by atoms with Crippen molar-refractivity contribution >= 4 is 6.03 Å². The van der Waals surface area contributed by atoms with Gasteiger partial charge in [-0.1, -0.05) is 36.4 Å². The van der Waals surface area contributed by atoms with Crippen LogP contribution in [0.5, 0.6) is 5.75 Å². The van der Waals surface area contributed by atoms with Gasteiger partial charge in [-0.3, -0.25) is 0 Å². The SMILES string of the molecule is COc1ccc(-c2ccccc2[C@@H]2[C@@H](C#N)N(C(=O)NC(C)C)[C@H]2CO)cc1. The number of hydrogen-bond donors (Lipinski definition) is 2. The summed E-state index contributed by atoms with van der Waals surface area (Å²) in [6.07, 6.45) is 0. The molecule has 6 nitrogen and oxygen atoms in total. The number of rotatable bonds is 5. The zero-order chi connectivity index (χ0) is 20.3. The standard InChI is InChI=1S/C22H25N3O3/c1-14(2)24-22(27)25-19(12-23)21(20(25)13-26)18-7-5-4-6-17(18)15-8-10-16(28-3)11-9-15/h4-11,14,19-21,26H,13H2,1-3H3,(H,24,27)/t19-,20+,21-/m1/s1. The molecule has 0 bridgehead atoms. The Labute approximate surface area is 165 Å². The van der Waals surface area contributed by atoms with Crippen molar-refractivity contribution in [2.75, 3.05) is 13.7 Å². The lowest BCUT2D eigenvalue weighted by atomic mass is 9.73. The number of nitrogens with zero attached hydrogens (tertiary/aromatic N) is 2. The Bertz CT molecular complexity index is 873. The van der Waals surface area contributed by atoms with Crippen LogP contribution in [0.1, 0.15) is 25.3 Å². The quantitative estimate of drug-likeness (QED) is 0.836. The minimum atomic E-state index is -0.629. The van der Waals surface area contributed by atoms with Gasteiger partial charge in [0.15, 0.2) is 0 Å². The number of nitrogens with one attached hydrogen (secondary N) is 1. The third kappa shape index (κ3) is 3.54. The third-order valence-corrected chi connectivity index (χ3v) is 5.10. The van der Waals surface area contributed by atoms with Gasteiger partial charge in [0.1, 0.15) is 11.8 Å². The number of ether oxygens (including phenoxy) is 1. The molecule has 1 heterocycles. The van der Waals surface area contributed by atoms with Gasteiger partial charge < -0.3 is 20.1 Å². The fraction of sp³-hybridized carbons (Fsp3) is 0.364. The first-order valence-corrected chi connectivity index (χ1v) is 9.34. The van der Waals surface area contributed by atoms with Gasteiger partial charge >= 0.3 is 6.03 Å². The topological polar surface area (TPSA) is 85.6 Å². The van der Waals surface area contributed by atoms with E-state index in [0.717, 1.165) is 22.4 Å². The summed E-state index contributed by atoms with van der Waals surface area (Å²) in [6.45, 7) is 3.53. The summed E-state index contributed by atoms with van der Waals surface area (Å²) in [4.78, 5) is 14.0. The molecule has 1 aliphatic rings. The lowest BCUT2D eigenvalue weighted by Crippen LogP contribution is -2.67. The van der Waals surface area contributed by atoms with E-state index in [4.69, 9.17) is 4.74 Å². The number of carbonyl (C=O) groups excluding carboxylic acids is 1. The van der Waals surface area contributed by atoms with Crippen molar-refractivity contribution in [2.45, 2.75) is 37.9 Å². The van der Waals surface area contributed by atoms with Crippen LogP contribution in [0, 0.1) is 11.3 Å². The Morgan fingerprint density at radius 2 is 1.93 bits per heavy atom. The summed E-state index contributed by atoms with van der Waals surface area (Å²) in [6, 6.07) is 16.4. The van der Waals surface area contributed by atoms with Crippen LogP contribution in [0.15, 0.2) is 48.5 Å². The number of methoxy groups -OCH3 is 1. The summed E-state index contributed by atoms with van der Waals surface area (Å²) in [5.74, 6) is 0.510. The molecular weight excluding hydrogens is 354 g/mol. The molecule has 0 radical (unpaired) electrons. The van der Waals surface area contributed by atoms with Crippen molar-refractivity contribution in [1.29, 1.82) is 5.26 Å². The van der Waals surface area contributed by atoms with E-state index < -0.39 is 12.1 Å². The van der Waals surface area contributed by atoms with Gasteiger partial charge in [0.2, 0.25) is 0 Å². The van der Waals surface area contributed by atoms with Gasteiger partial charge in [0, 0.05) is 12.0 Å². The molecule has 0 spiro atoms. The second kappa shape index (κ2) is 8.32. The maximum absolute atomic E-state index is 12.5. The number of amides is 2. The molecule has 3 atom stereocenters. The van der Waals surface area contributed by atoms with E-state index in [9.17, 15) is 15.2 Å². The van der Waals surface area contributed by atoms with Gasteiger partial charge in [-0.2, -0.15) is 5.26 Å². The van der Waals surface area contributed by atoms with Crippen LogP contribution in [0.3, 0.4) is 0 Å². The minimum Gasteiger partial charge on any atom is -0.497 e. The molecule has 2 N–H and O–H groups in total. The highest BCUT2D eigenvalue weighted by atomic mass is 16.5. The first-order chi connectivity index (χ1) is 13.5. The number of urea groups is 1. The average molecular weight is 379 g/mol. The molecule has 1 aliphatic heterocycles. The molecule has 0 unspecified atom stereocenters. The Morgan fingerprint density at radius 3 is 2.50 bits per heavy atom. The summed E-state index contributed by atoms with van der Waals surface area (Å²) in [5, 5.41) is 22.5. The molecule has 2 aromatic rings. The lowest BCUT2D eigenvalue weighted by Gasteiger charge is -2.52. The second-order valence-electron chi connectivity index (χ2n) is 7.18. The van der Waals surface area contributed by atoms with Crippen LogP contribution in [0.25, 0.3) is 11.1 Å². The lowest BCUT2D eigenvalue weighted by molar-refractivity contribution is 0.0164. The van der Waals surface area contributed by atoms with E-state index in [1.165, 1.54) is 4.90 Å². The summed E-state index contributed by atoms with van der Waals surface area (Å²) < 4.78 is 5.23.